The molecular formula is C16H11F3N4O4. The van der Waals surface area contributed by atoms with Crippen LogP contribution in [0.3, 0.4) is 0 Å². The van der Waals surface area contributed by atoms with Gasteiger partial charge in [-0.1, -0.05) is 18.2 Å². The molecule has 2 amide bonds. The van der Waals surface area contributed by atoms with Crippen molar-refractivity contribution in [3.05, 3.63) is 69.8 Å². The first-order valence-electron chi connectivity index (χ1n) is 7.23. The number of carbonyl (C=O) groups excluding carboxylic acids is 2. The summed E-state index contributed by atoms with van der Waals surface area (Å²) in [6.45, 7) is 0. The minimum atomic E-state index is -4.59. The van der Waals surface area contributed by atoms with E-state index in [9.17, 15) is 32.9 Å². The van der Waals surface area contributed by atoms with Crippen LogP contribution in [-0.4, -0.2) is 23.0 Å². The molecule has 2 rings (SSSR count). The molecule has 0 unspecified atom stereocenters. The van der Waals surface area contributed by atoms with Gasteiger partial charge in [-0.25, -0.2) is 5.43 Å². The smallest absolute Gasteiger partial charge is 0.318 e. The lowest BCUT2D eigenvalue weighted by Gasteiger charge is -2.09. The van der Waals surface area contributed by atoms with Gasteiger partial charge >= 0.3 is 18.0 Å². The maximum absolute atomic E-state index is 12.6. The summed E-state index contributed by atoms with van der Waals surface area (Å²) < 4.78 is 37.9. The maximum atomic E-state index is 12.6. The summed E-state index contributed by atoms with van der Waals surface area (Å²) in [7, 11) is 0. The fourth-order valence-corrected chi connectivity index (χ4v) is 1.90. The lowest BCUT2D eigenvalue weighted by molar-refractivity contribution is -0.384. The van der Waals surface area contributed by atoms with Gasteiger partial charge in [0.25, 0.3) is 5.69 Å². The Bertz CT molecular complexity index is 913. The summed E-state index contributed by atoms with van der Waals surface area (Å²) in [4.78, 5) is 33.4. The Labute approximate surface area is 149 Å². The van der Waals surface area contributed by atoms with Crippen LogP contribution in [0, 0.1) is 10.1 Å². The number of halogens is 3. The molecule has 0 aromatic heterocycles. The highest BCUT2D eigenvalue weighted by Crippen LogP contribution is 2.30. The Balaban J connectivity index is 1.97. The molecule has 0 fully saturated rings. The van der Waals surface area contributed by atoms with Crippen LogP contribution in [0.2, 0.25) is 0 Å². The number of alkyl halides is 3. The van der Waals surface area contributed by atoms with Gasteiger partial charge in [-0.2, -0.15) is 18.3 Å². The van der Waals surface area contributed by atoms with Crippen LogP contribution in [-0.2, 0) is 15.8 Å². The predicted molar refractivity (Wildman–Crippen MR) is 88.9 cm³/mol. The largest absolute Gasteiger partial charge is 0.416 e. The third kappa shape index (κ3) is 5.63. The molecule has 2 aromatic rings. The molecular weight excluding hydrogens is 369 g/mol. The van der Waals surface area contributed by atoms with Gasteiger partial charge in [0.15, 0.2) is 0 Å². The van der Waals surface area contributed by atoms with Gasteiger partial charge in [0.2, 0.25) is 0 Å². The number of benzene rings is 2. The van der Waals surface area contributed by atoms with E-state index in [0.717, 1.165) is 18.3 Å². The summed E-state index contributed by atoms with van der Waals surface area (Å²) in [5.41, 5.74) is 0.781. The zero-order valence-corrected chi connectivity index (χ0v) is 13.4. The van der Waals surface area contributed by atoms with Gasteiger partial charge in [-0.05, 0) is 18.2 Å². The number of rotatable bonds is 4. The fraction of sp³-hybridized carbons (Fsp3) is 0.0625. The number of hydrazone groups is 1. The topological polar surface area (TPSA) is 114 Å². The van der Waals surface area contributed by atoms with Crippen LogP contribution in [0.4, 0.5) is 24.5 Å². The van der Waals surface area contributed by atoms with Gasteiger partial charge < -0.3 is 5.32 Å². The Morgan fingerprint density at radius 2 is 1.78 bits per heavy atom. The molecule has 27 heavy (non-hydrogen) atoms. The lowest BCUT2D eigenvalue weighted by Crippen LogP contribution is -2.32. The molecule has 0 radical (unpaired) electrons. The van der Waals surface area contributed by atoms with Gasteiger partial charge in [0.05, 0.1) is 16.7 Å². The molecule has 140 valence electrons. The molecule has 0 atom stereocenters. The summed E-state index contributed by atoms with van der Waals surface area (Å²) in [5.74, 6) is -2.46. The van der Waals surface area contributed by atoms with Crippen molar-refractivity contribution < 1.29 is 27.7 Å². The number of nitro groups is 1. The molecule has 0 saturated carbocycles. The van der Waals surface area contributed by atoms with E-state index in [4.69, 9.17) is 0 Å². The summed E-state index contributed by atoms with van der Waals surface area (Å²) >= 11 is 0. The van der Waals surface area contributed by atoms with Crippen LogP contribution in [0.15, 0.2) is 53.6 Å². The van der Waals surface area contributed by atoms with Crippen molar-refractivity contribution in [2.75, 3.05) is 5.32 Å². The third-order valence-corrected chi connectivity index (χ3v) is 3.11. The zero-order valence-electron chi connectivity index (χ0n) is 13.4. The number of amides is 2. The van der Waals surface area contributed by atoms with Crippen molar-refractivity contribution in [1.29, 1.82) is 0 Å². The molecule has 0 spiro atoms. The second kappa shape index (κ2) is 8.08. The molecule has 11 heteroatoms. The molecule has 0 aliphatic heterocycles. The highest BCUT2D eigenvalue weighted by atomic mass is 19.4. The van der Waals surface area contributed by atoms with Gasteiger partial charge in [-0.15, -0.1) is 0 Å². The van der Waals surface area contributed by atoms with Crippen LogP contribution in [0.25, 0.3) is 0 Å². The first-order valence-corrected chi connectivity index (χ1v) is 7.23. The quantitative estimate of drug-likeness (QED) is 0.367. The number of carbonyl (C=O) groups is 2. The minimum absolute atomic E-state index is 0.187. The van der Waals surface area contributed by atoms with Crippen LogP contribution in [0.1, 0.15) is 11.1 Å². The normalized spacial score (nSPS) is 11.2. The Morgan fingerprint density at radius 3 is 2.44 bits per heavy atom. The van der Waals surface area contributed by atoms with Crippen LogP contribution < -0.4 is 10.7 Å². The number of non-ortho nitro benzene ring substituents is 1. The second-order valence-corrected chi connectivity index (χ2v) is 5.08. The molecule has 2 aromatic carbocycles. The van der Waals surface area contributed by atoms with Crippen molar-refractivity contribution in [1.82, 2.24) is 5.43 Å². The van der Waals surface area contributed by atoms with E-state index in [1.807, 2.05) is 10.7 Å². The Morgan fingerprint density at radius 1 is 1.07 bits per heavy atom. The first kappa shape index (κ1) is 19.6. The molecule has 0 bridgehead atoms. The average Bonchev–Trinajstić information content (AvgIpc) is 2.61. The van der Waals surface area contributed by atoms with Gasteiger partial charge in [0, 0.05) is 23.4 Å². The fourth-order valence-electron chi connectivity index (χ4n) is 1.90. The maximum Gasteiger partial charge on any atom is 0.416 e. The molecule has 2 N–H and O–H groups in total. The highest BCUT2D eigenvalue weighted by molar-refractivity contribution is 6.39. The molecule has 0 saturated heterocycles. The number of nitro benzene ring substituents is 1. The second-order valence-electron chi connectivity index (χ2n) is 5.08. The van der Waals surface area contributed by atoms with Crippen molar-refractivity contribution in [2.24, 2.45) is 5.10 Å². The van der Waals surface area contributed by atoms with E-state index < -0.39 is 28.5 Å². The van der Waals surface area contributed by atoms with Crippen molar-refractivity contribution in [3.8, 4) is 0 Å². The molecule has 0 aliphatic carbocycles. The van der Waals surface area contributed by atoms with E-state index in [0.29, 0.717) is 11.6 Å². The third-order valence-electron chi connectivity index (χ3n) is 3.11. The predicted octanol–water partition coefficient (Wildman–Crippen LogP) is 2.70. The van der Waals surface area contributed by atoms with Crippen molar-refractivity contribution in [3.63, 3.8) is 0 Å². The molecule has 0 aliphatic rings. The van der Waals surface area contributed by atoms with E-state index >= 15 is 0 Å². The van der Waals surface area contributed by atoms with Crippen molar-refractivity contribution >= 4 is 29.4 Å². The number of nitrogens with zero attached hydrogens (tertiary/aromatic N) is 2. The first-order chi connectivity index (χ1) is 12.7. The minimum Gasteiger partial charge on any atom is -0.318 e. The number of nitrogens with one attached hydrogen (secondary N) is 2. The molecule has 0 heterocycles. The summed E-state index contributed by atoms with van der Waals surface area (Å²) in [6.07, 6.45) is -3.52. The van der Waals surface area contributed by atoms with E-state index in [1.165, 1.54) is 30.3 Å². The van der Waals surface area contributed by atoms with E-state index in [-0.39, 0.29) is 11.4 Å². The Hall–Kier alpha value is -3.76. The lowest BCUT2D eigenvalue weighted by atomic mass is 10.2. The zero-order chi connectivity index (χ0) is 20.0. The highest BCUT2D eigenvalue weighted by Gasteiger charge is 2.30. The average molecular weight is 380 g/mol. The van der Waals surface area contributed by atoms with Gasteiger partial charge in [-0.3, -0.25) is 19.7 Å². The van der Waals surface area contributed by atoms with Crippen LogP contribution >= 0.6 is 0 Å². The van der Waals surface area contributed by atoms with Crippen LogP contribution in [0.5, 0.6) is 0 Å². The Kier molecular flexibility index (Phi) is 5.85. The van der Waals surface area contributed by atoms with E-state index in [1.54, 1.807) is 0 Å². The van der Waals surface area contributed by atoms with Crippen molar-refractivity contribution in [2.45, 2.75) is 6.18 Å². The molecule has 8 nitrogen and oxygen atoms in total. The van der Waals surface area contributed by atoms with Gasteiger partial charge in [0.1, 0.15) is 0 Å². The SMILES string of the molecule is O=C(NN=Cc1cccc([N+](=O)[O-])c1)C(=O)Nc1cccc(C(F)(F)F)c1. The monoisotopic (exact) mass is 380 g/mol. The number of hydrogen-bond acceptors (Lipinski definition) is 5. The van der Waals surface area contributed by atoms with E-state index in [2.05, 4.69) is 5.10 Å². The summed E-state index contributed by atoms with van der Waals surface area (Å²) in [6, 6.07) is 9.10. The number of hydrogen-bond donors (Lipinski definition) is 2. The number of anilines is 1. The standard InChI is InChI=1S/C16H11F3N4O4/c17-16(18,19)11-4-2-5-12(8-11)21-14(24)15(25)22-20-9-10-3-1-6-13(7-10)23(26)27/h1-9H,(H,21,24)(H,22,25). The summed E-state index contributed by atoms with van der Waals surface area (Å²) in [5, 5.41) is 16.1.